The highest BCUT2D eigenvalue weighted by molar-refractivity contribution is 6.30. The van der Waals surface area contributed by atoms with Gasteiger partial charge in [-0.25, -0.2) is 0 Å². The maximum atomic E-state index is 12.4. The number of amides is 2. The third kappa shape index (κ3) is 4.34. The monoisotopic (exact) mass is 447 g/mol. The first kappa shape index (κ1) is 21.9. The fourth-order valence-corrected chi connectivity index (χ4v) is 4.49. The minimum atomic E-state index is -0.111. The van der Waals surface area contributed by atoms with Crippen LogP contribution in [0.5, 0.6) is 0 Å². The largest absolute Gasteiger partial charge is 0.378 e. The highest BCUT2D eigenvalue weighted by atomic mass is 35.5. The Kier molecular flexibility index (Phi) is 6.19. The zero-order valence-corrected chi connectivity index (χ0v) is 19.1. The van der Waals surface area contributed by atoms with Crippen molar-refractivity contribution in [2.75, 3.05) is 17.3 Å². The summed E-state index contributed by atoms with van der Waals surface area (Å²) in [5.41, 5.74) is 5.64. The molecule has 2 amide bonds. The molecule has 0 fully saturated rings. The van der Waals surface area contributed by atoms with Gasteiger partial charge in [0.2, 0.25) is 5.91 Å². The summed E-state index contributed by atoms with van der Waals surface area (Å²) in [6, 6.07) is 21.5. The number of anilines is 2. The first-order valence-corrected chi connectivity index (χ1v) is 11.0. The van der Waals surface area contributed by atoms with E-state index in [1.165, 1.54) is 0 Å². The number of hydrogen-bond acceptors (Lipinski definition) is 3. The molecule has 0 spiro atoms. The normalized spacial score (nSPS) is 17.4. The molecule has 1 aliphatic heterocycles. The molecule has 4 rings (SSSR count). The predicted molar refractivity (Wildman–Crippen MR) is 130 cm³/mol. The van der Waals surface area contributed by atoms with E-state index >= 15 is 0 Å². The molecule has 2 atom stereocenters. The predicted octanol–water partition coefficient (Wildman–Crippen LogP) is 5.66. The van der Waals surface area contributed by atoms with Crippen molar-refractivity contribution in [3.05, 3.63) is 82.9 Å². The van der Waals surface area contributed by atoms with Crippen molar-refractivity contribution in [3.63, 3.8) is 0 Å². The summed E-state index contributed by atoms with van der Waals surface area (Å²) in [7, 11) is 1.62. The van der Waals surface area contributed by atoms with Gasteiger partial charge >= 0.3 is 0 Å². The zero-order valence-electron chi connectivity index (χ0n) is 18.4. The maximum absolute atomic E-state index is 12.4. The molecule has 3 aromatic carbocycles. The van der Waals surface area contributed by atoms with E-state index < -0.39 is 0 Å². The van der Waals surface area contributed by atoms with Gasteiger partial charge in [0.15, 0.2) is 0 Å². The van der Waals surface area contributed by atoms with Gasteiger partial charge in [-0.15, -0.1) is 0 Å². The quantitative estimate of drug-likeness (QED) is 0.542. The summed E-state index contributed by atoms with van der Waals surface area (Å²) in [4.78, 5) is 26.1. The average molecular weight is 448 g/mol. The van der Waals surface area contributed by atoms with Gasteiger partial charge in [0.25, 0.3) is 5.91 Å². The molecule has 0 saturated carbocycles. The van der Waals surface area contributed by atoms with E-state index in [2.05, 4.69) is 23.6 Å². The zero-order chi connectivity index (χ0) is 22.8. The van der Waals surface area contributed by atoms with Crippen LogP contribution in [0.3, 0.4) is 0 Å². The summed E-state index contributed by atoms with van der Waals surface area (Å²) in [6.07, 6.45) is 0.786. The summed E-state index contributed by atoms with van der Waals surface area (Å²) >= 11 is 6.04. The van der Waals surface area contributed by atoms with Gasteiger partial charge in [-0.2, -0.15) is 0 Å². The van der Waals surface area contributed by atoms with Gasteiger partial charge in [0.05, 0.1) is 6.04 Å². The average Bonchev–Trinajstić information content (AvgIpc) is 2.79. The minimum Gasteiger partial charge on any atom is -0.378 e. The molecular formula is C26H26ClN3O2. The number of fused-ring (bicyclic) bond motifs is 1. The summed E-state index contributed by atoms with van der Waals surface area (Å²) in [5.74, 6) is -0.0771. The molecular weight excluding hydrogens is 422 g/mol. The Morgan fingerprint density at radius 1 is 0.969 bits per heavy atom. The van der Waals surface area contributed by atoms with E-state index in [0.29, 0.717) is 10.6 Å². The van der Waals surface area contributed by atoms with Crippen LogP contribution in [-0.4, -0.2) is 24.9 Å². The van der Waals surface area contributed by atoms with Crippen LogP contribution in [0.2, 0.25) is 5.02 Å². The summed E-state index contributed by atoms with van der Waals surface area (Å²) < 4.78 is 0. The van der Waals surface area contributed by atoms with Crippen molar-refractivity contribution < 1.29 is 9.59 Å². The summed E-state index contributed by atoms with van der Waals surface area (Å²) in [5, 5.41) is 6.95. The number of carbonyl (C=O) groups excluding carboxylic acids is 2. The van der Waals surface area contributed by atoms with Gasteiger partial charge in [-0.05, 0) is 78.6 Å². The van der Waals surface area contributed by atoms with Crippen LogP contribution in [0.4, 0.5) is 11.4 Å². The number of nitrogens with zero attached hydrogens (tertiary/aromatic N) is 1. The lowest BCUT2D eigenvalue weighted by atomic mass is 9.88. The van der Waals surface area contributed by atoms with Gasteiger partial charge in [0.1, 0.15) is 0 Å². The Labute approximate surface area is 193 Å². The molecule has 32 heavy (non-hydrogen) atoms. The molecule has 164 valence electrons. The van der Waals surface area contributed by atoms with Gasteiger partial charge in [0, 0.05) is 42.0 Å². The molecule has 5 nitrogen and oxygen atoms in total. The first-order chi connectivity index (χ1) is 15.4. The lowest BCUT2D eigenvalue weighted by Crippen LogP contribution is -2.43. The van der Waals surface area contributed by atoms with Crippen molar-refractivity contribution >= 4 is 34.8 Å². The lowest BCUT2D eigenvalue weighted by Gasteiger charge is -2.39. The SMILES string of the molecule is CNC(=O)c1ccc(-c2ccc3c(c2)[C@@H](Nc2ccc(Cl)cc2)C[C@@H](C)N3C(C)=O)cc1. The molecule has 0 saturated heterocycles. The fourth-order valence-electron chi connectivity index (χ4n) is 4.37. The van der Waals surface area contributed by atoms with Gasteiger partial charge in [-0.3, -0.25) is 9.59 Å². The Morgan fingerprint density at radius 2 is 1.62 bits per heavy atom. The van der Waals surface area contributed by atoms with Crippen LogP contribution in [0.15, 0.2) is 66.7 Å². The molecule has 0 aromatic heterocycles. The van der Waals surface area contributed by atoms with Gasteiger partial charge < -0.3 is 15.5 Å². The first-order valence-electron chi connectivity index (χ1n) is 10.7. The fraction of sp³-hybridized carbons (Fsp3) is 0.231. The standard InChI is InChI=1S/C26H26ClN3O2/c1-16-14-24(29-22-11-9-21(27)10-12-22)23-15-20(8-13-25(23)30(16)17(2)31)18-4-6-19(7-5-18)26(32)28-3/h4-13,15-16,24,29H,14H2,1-3H3,(H,28,32)/t16-,24+/m1/s1. The van der Waals surface area contributed by atoms with Crippen LogP contribution >= 0.6 is 11.6 Å². The number of rotatable bonds is 4. The van der Waals surface area contributed by atoms with E-state index in [0.717, 1.165) is 34.5 Å². The second-order valence-corrected chi connectivity index (χ2v) is 8.54. The van der Waals surface area contributed by atoms with Crippen LogP contribution < -0.4 is 15.5 Å². The van der Waals surface area contributed by atoms with Crippen molar-refractivity contribution in [1.29, 1.82) is 0 Å². The Bertz CT molecular complexity index is 1140. The van der Waals surface area contributed by atoms with Crippen molar-refractivity contribution in [1.82, 2.24) is 5.32 Å². The second-order valence-electron chi connectivity index (χ2n) is 8.11. The third-order valence-electron chi connectivity index (χ3n) is 5.91. The molecule has 0 aliphatic carbocycles. The van der Waals surface area contributed by atoms with Crippen molar-refractivity contribution in [2.24, 2.45) is 0 Å². The number of halogens is 1. The molecule has 1 heterocycles. The molecule has 6 heteroatoms. The number of nitrogens with one attached hydrogen (secondary N) is 2. The van der Waals surface area contributed by atoms with E-state index in [1.807, 2.05) is 65.6 Å². The minimum absolute atomic E-state index is 0.0337. The molecule has 0 radical (unpaired) electrons. The molecule has 1 aliphatic rings. The molecule has 0 unspecified atom stereocenters. The van der Waals surface area contributed by atoms with E-state index in [9.17, 15) is 9.59 Å². The number of benzene rings is 3. The van der Waals surface area contributed by atoms with Crippen LogP contribution in [0.25, 0.3) is 11.1 Å². The smallest absolute Gasteiger partial charge is 0.251 e. The molecule has 3 aromatic rings. The topological polar surface area (TPSA) is 61.4 Å². The van der Waals surface area contributed by atoms with E-state index in [-0.39, 0.29) is 23.9 Å². The lowest BCUT2D eigenvalue weighted by molar-refractivity contribution is -0.117. The van der Waals surface area contributed by atoms with E-state index in [1.54, 1.807) is 14.0 Å². The highest BCUT2D eigenvalue weighted by Gasteiger charge is 2.32. The van der Waals surface area contributed by atoms with Crippen LogP contribution in [-0.2, 0) is 4.79 Å². The van der Waals surface area contributed by atoms with E-state index in [4.69, 9.17) is 11.6 Å². The van der Waals surface area contributed by atoms with Crippen molar-refractivity contribution in [2.45, 2.75) is 32.4 Å². The van der Waals surface area contributed by atoms with Gasteiger partial charge in [-0.1, -0.05) is 29.8 Å². The Morgan fingerprint density at radius 3 is 2.25 bits per heavy atom. The highest BCUT2D eigenvalue weighted by Crippen LogP contribution is 2.41. The Balaban J connectivity index is 1.73. The number of hydrogen-bond donors (Lipinski definition) is 2. The maximum Gasteiger partial charge on any atom is 0.251 e. The Hall–Kier alpha value is -3.31. The van der Waals surface area contributed by atoms with Crippen LogP contribution in [0.1, 0.15) is 42.2 Å². The molecule has 0 bridgehead atoms. The summed E-state index contributed by atoms with van der Waals surface area (Å²) in [6.45, 7) is 3.69. The second kappa shape index (κ2) is 9.05. The molecule has 2 N–H and O–H groups in total. The van der Waals surface area contributed by atoms with Crippen LogP contribution in [0, 0.1) is 0 Å². The number of carbonyl (C=O) groups is 2. The third-order valence-corrected chi connectivity index (χ3v) is 6.16. The van der Waals surface area contributed by atoms with Crippen molar-refractivity contribution in [3.8, 4) is 11.1 Å².